The standard InChI is InChI=1S/C12H15N5O2/c1-9(7-16-5-4-14-8-16)15-10-2-3-12(17(18)19)11(13)6-10/h2-6,8-9,15H,7,13H2,1H3. The highest BCUT2D eigenvalue weighted by Crippen LogP contribution is 2.25. The Labute approximate surface area is 110 Å². The van der Waals surface area contributed by atoms with E-state index in [-0.39, 0.29) is 17.4 Å². The molecule has 3 N–H and O–H groups in total. The highest BCUT2D eigenvalue weighted by Gasteiger charge is 2.12. The van der Waals surface area contributed by atoms with Gasteiger partial charge in [0.2, 0.25) is 0 Å². The summed E-state index contributed by atoms with van der Waals surface area (Å²) in [6.07, 6.45) is 5.33. The van der Waals surface area contributed by atoms with E-state index in [9.17, 15) is 10.1 Å². The van der Waals surface area contributed by atoms with Crippen LogP contribution in [0, 0.1) is 10.1 Å². The zero-order valence-corrected chi connectivity index (χ0v) is 10.5. The maximum Gasteiger partial charge on any atom is 0.292 e. The summed E-state index contributed by atoms with van der Waals surface area (Å²) in [4.78, 5) is 14.1. The number of nitro benzene ring substituents is 1. The fraction of sp³-hybridized carbons (Fsp3) is 0.250. The molecular weight excluding hydrogens is 246 g/mol. The lowest BCUT2D eigenvalue weighted by Gasteiger charge is -2.16. The van der Waals surface area contributed by atoms with Crippen LogP contribution < -0.4 is 11.1 Å². The van der Waals surface area contributed by atoms with E-state index in [0.717, 1.165) is 12.2 Å². The molecule has 0 aliphatic carbocycles. The first-order valence-corrected chi connectivity index (χ1v) is 5.82. The summed E-state index contributed by atoms with van der Waals surface area (Å²) in [6, 6.07) is 4.78. The van der Waals surface area contributed by atoms with E-state index in [1.54, 1.807) is 24.7 Å². The largest absolute Gasteiger partial charge is 0.393 e. The van der Waals surface area contributed by atoms with Crippen molar-refractivity contribution in [3.05, 3.63) is 47.0 Å². The van der Waals surface area contributed by atoms with Crippen LogP contribution in [0.2, 0.25) is 0 Å². The summed E-state index contributed by atoms with van der Waals surface area (Å²) < 4.78 is 1.95. The van der Waals surface area contributed by atoms with Crippen LogP contribution in [0.15, 0.2) is 36.9 Å². The second-order valence-electron chi connectivity index (χ2n) is 4.34. The Morgan fingerprint density at radius 2 is 2.37 bits per heavy atom. The smallest absolute Gasteiger partial charge is 0.292 e. The number of aromatic nitrogens is 2. The number of imidazole rings is 1. The first-order valence-electron chi connectivity index (χ1n) is 5.82. The molecule has 1 atom stereocenters. The predicted octanol–water partition coefficient (Wildman–Crippen LogP) is 1.87. The molecular formula is C12H15N5O2. The van der Waals surface area contributed by atoms with Crippen molar-refractivity contribution in [3.8, 4) is 0 Å². The Morgan fingerprint density at radius 1 is 1.58 bits per heavy atom. The first-order chi connectivity index (χ1) is 9.06. The van der Waals surface area contributed by atoms with Crippen molar-refractivity contribution in [1.82, 2.24) is 9.55 Å². The van der Waals surface area contributed by atoms with Crippen LogP contribution in [0.5, 0.6) is 0 Å². The van der Waals surface area contributed by atoms with Gasteiger partial charge in [-0.25, -0.2) is 4.98 Å². The van der Waals surface area contributed by atoms with Crippen molar-refractivity contribution >= 4 is 17.1 Å². The SMILES string of the molecule is CC(Cn1ccnc1)Nc1ccc([N+](=O)[O-])c(N)c1. The zero-order chi connectivity index (χ0) is 13.8. The summed E-state index contributed by atoms with van der Waals surface area (Å²) in [7, 11) is 0. The molecule has 2 aromatic rings. The predicted molar refractivity (Wildman–Crippen MR) is 72.8 cm³/mol. The monoisotopic (exact) mass is 261 g/mol. The van der Waals surface area contributed by atoms with Gasteiger partial charge < -0.3 is 15.6 Å². The molecule has 0 fully saturated rings. The molecule has 1 unspecified atom stereocenters. The molecule has 0 saturated heterocycles. The van der Waals surface area contributed by atoms with Crippen LogP contribution in [0.1, 0.15) is 6.92 Å². The fourth-order valence-corrected chi connectivity index (χ4v) is 1.85. The van der Waals surface area contributed by atoms with Crippen molar-refractivity contribution in [2.24, 2.45) is 0 Å². The number of nitro groups is 1. The molecule has 1 heterocycles. The Kier molecular flexibility index (Phi) is 3.65. The number of anilines is 2. The number of nitrogen functional groups attached to an aromatic ring is 1. The van der Waals surface area contributed by atoms with Gasteiger partial charge in [0.25, 0.3) is 5.69 Å². The maximum atomic E-state index is 10.7. The van der Waals surface area contributed by atoms with Crippen LogP contribution in [0.25, 0.3) is 0 Å². The quantitative estimate of drug-likeness (QED) is 0.486. The highest BCUT2D eigenvalue weighted by atomic mass is 16.6. The summed E-state index contributed by atoms with van der Waals surface area (Å²) in [5, 5.41) is 13.9. The Morgan fingerprint density at radius 3 is 2.95 bits per heavy atom. The number of hydrogen-bond donors (Lipinski definition) is 2. The molecule has 0 aliphatic heterocycles. The number of nitrogens with two attached hydrogens (primary N) is 1. The summed E-state index contributed by atoms with van der Waals surface area (Å²) in [6.45, 7) is 2.76. The van der Waals surface area contributed by atoms with E-state index < -0.39 is 4.92 Å². The van der Waals surface area contributed by atoms with Gasteiger partial charge in [-0.05, 0) is 19.1 Å². The Balaban J connectivity index is 2.03. The average molecular weight is 261 g/mol. The lowest BCUT2D eigenvalue weighted by Crippen LogP contribution is -2.21. The van der Waals surface area contributed by atoms with Crippen molar-refractivity contribution in [2.45, 2.75) is 19.5 Å². The number of nitrogens with one attached hydrogen (secondary N) is 1. The molecule has 0 radical (unpaired) electrons. The van der Waals surface area contributed by atoms with Gasteiger partial charge in [0, 0.05) is 36.7 Å². The van der Waals surface area contributed by atoms with E-state index in [4.69, 9.17) is 5.73 Å². The van der Waals surface area contributed by atoms with Crippen LogP contribution in [-0.2, 0) is 6.54 Å². The van der Waals surface area contributed by atoms with Gasteiger partial charge in [0.05, 0.1) is 11.3 Å². The van der Waals surface area contributed by atoms with Crippen molar-refractivity contribution in [2.75, 3.05) is 11.1 Å². The van der Waals surface area contributed by atoms with Crippen LogP contribution in [-0.4, -0.2) is 20.5 Å². The van der Waals surface area contributed by atoms with Crippen molar-refractivity contribution < 1.29 is 4.92 Å². The molecule has 100 valence electrons. The maximum absolute atomic E-state index is 10.7. The van der Waals surface area contributed by atoms with Crippen molar-refractivity contribution in [3.63, 3.8) is 0 Å². The Hall–Kier alpha value is -2.57. The number of rotatable bonds is 5. The molecule has 0 amide bonds. The van der Waals surface area contributed by atoms with Crippen LogP contribution >= 0.6 is 0 Å². The zero-order valence-electron chi connectivity index (χ0n) is 10.5. The van der Waals surface area contributed by atoms with E-state index in [0.29, 0.717) is 0 Å². The molecule has 2 rings (SSSR count). The third-order valence-electron chi connectivity index (χ3n) is 2.68. The van der Waals surface area contributed by atoms with Gasteiger partial charge in [-0.2, -0.15) is 0 Å². The topological polar surface area (TPSA) is 99.0 Å². The van der Waals surface area contributed by atoms with E-state index >= 15 is 0 Å². The van der Waals surface area contributed by atoms with Crippen LogP contribution in [0.3, 0.4) is 0 Å². The minimum absolute atomic E-state index is 0.0761. The average Bonchev–Trinajstić information content (AvgIpc) is 2.81. The first kappa shape index (κ1) is 12.9. The molecule has 0 aliphatic rings. The van der Waals surface area contributed by atoms with E-state index in [1.807, 2.05) is 17.7 Å². The van der Waals surface area contributed by atoms with Gasteiger partial charge in [-0.15, -0.1) is 0 Å². The van der Waals surface area contributed by atoms with Crippen LogP contribution in [0.4, 0.5) is 17.1 Å². The van der Waals surface area contributed by atoms with Gasteiger partial charge in [-0.3, -0.25) is 10.1 Å². The molecule has 19 heavy (non-hydrogen) atoms. The lowest BCUT2D eigenvalue weighted by molar-refractivity contribution is -0.383. The van der Waals surface area contributed by atoms with E-state index in [2.05, 4.69) is 10.3 Å². The molecule has 7 heteroatoms. The minimum Gasteiger partial charge on any atom is -0.393 e. The minimum atomic E-state index is -0.492. The fourth-order valence-electron chi connectivity index (χ4n) is 1.85. The molecule has 0 saturated carbocycles. The number of nitrogens with zero attached hydrogens (tertiary/aromatic N) is 3. The van der Waals surface area contributed by atoms with Gasteiger partial charge in [0.15, 0.2) is 0 Å². The highest BCUT2D eigenvalue weighted by molar-refractivity contribution is 5.65. The molecule has 1 aromatic carbocycles. The molecule has 1 aromatic heterocycles. The third-order valence-corrected chi connectivity index (χ3v) is 2.68. The normalized spacial score (nSPS) is 12.1. The number of hydrogen-bond acceptors (Lipinski definition) is 5. The third kappa shape index (κ3) is 3.21. The van der Waals surface area contributed by atoms with Gasteiger partial charge in [-0.1, -0.05) is 0 Å². The van der Waals surface area contributed by atoms with E-state index in [1.165, 1.54) is 6.07 Å². The molecule has 0 spiro atoms. The lowest BCUT2D eigenvalue weighted by atomic mass is 10.2. The molecule has 7 nitrogen and oxygen atoms in total. The summed E-state index contributed by atoms with van der Waals surface area (Å²) in [5.41, 5.74) is 6.48. The second-order valence-corrected chi connectivity index (χ2v) is 4.34. The van der Waals surface area contributed by atoms with Crippen molar-refractivity contribution in [1.29, 1.82) is 0 Å². The number of benzene rings is 1. The summed E-state index contributed by atoms with van der Waals surface area (Å²) >= 11 is 0. The van der Waals surface area contributed by atoms with Gasteiger partial charge >= 0.3 is 0 Å². The second kappa shape index (κ2) is 5.38. The molecule has 0 bridgehead atoms. The van der Waals surface area contributed by atoms with Gasteiger partial charge in [0.1, 0.15) is 5.69 Å². The summed E-state index contributed by atoms with van der Waals surface area (Å²) in [5.74, 6) is 0. The Bertz CT molecular complexity index is 568.